The van der Waals surface area contributed by atoms with Crippen LogP contribution in [0.3, 0.4) is 0 Å². The summed E-state index contributed by atoms with van der Waals surface area (Å²) in [5, 5.41) is 2.83. The Morgan fingerprint density at radius 3 is 2.08 bits per heavy atom. The molecule has 1 N–H and O–H groups in total. The number of nitrogens with one attached hydrogen (secondary N) is 1. The van der Waals surface area contributed by atoms with Crippen molar-refractivity contribution < 1.29 is 14.3 Å². The van der Waals surface area contributed by atoms with Crippen molar-refractivity contribution in [1.82, 2.24) is 4.90 Å². The number of rotatable bonds is 4. The van der Waals surface area contributed by atoms with Crippen molar-refractivity contribution in [3.05, 3.63) is 59.7 Å². The highest BCUT2D eigenvalue weighted by atomic mass is 16.5. The number of ether oxygens (including phenoxy) is 1. The average molecular weight is 338 g/mol. The van der Waals surface area contributed by atoms with Crippen LogP contribution in [0.15, 0.2) is 48.5 Å². The summed E-state index contributed by atoms with van der Waals surface area (Å²) in [5.41, 5.74) is 1.84. The van der Waals surface area contributed by atoms with E-state index >= 15 is 0 Å². The van der Waals surface area contributed by atoms with E-state index < -0.39 is 0 Å². The molecule has 0 spiro atoms. The van der Waals surface area contributed by atoms with Crippen LogP contribution in [0.2, 0.25) is 0 Å². The van der Waals surface area contributed by atoms with Gasteiger partial charge in [-0.15, -0.1) is 0 Å². The van der Waals surface area contributed by atoms with Crippen molar-refractivity contribution in [3.63, 3.8) is 0 Å². The third-order valence-corrected chi connectivity index (χ3v) is 4.39. The van der Waals surface area contributed by atoms with Crippen molar-refractivity contribution in [3.8, 4) is 5.75 Å². The fourth-order valence-corrected chi connectivity index (χ4v) is 2.92. The minimum absolute atomic E-state index is 0.0433. The highest BCUT2D eigenvalue weighted by molar-refractivity contribution is 6.05. The summed E-state index contributed by atoms with van der Waals surface area (Å²) < 4.78 is 5.10. The predicted octanol–water partition coefficient (Wildman–Crippen LogP) is 3.57. The number of carbonyl (C=O) groups is 2. The molecule has 0 saturated carbocycles. The zero-order valence-electron chi connectivity index (χ0n) is 14.3. The van der Waals surface area contributed by atoms with E-state index in [-0.39, 0.29) is 11.8 Å². The van der Waals surface area contributed by atoms with Crippen LogP contribution in [0.5, 0.6) is 5.75 Å². The smallest absolute Gasteiger partial charge is 0.255 e. The summed E-state index contributed by atoms with van der Waals surface area (Å²) in [6.07, 6.45) is 3.32. The van der Waals surface area contributed by atoms with Crippen molar-refractivity contribution in [2.24, 2.45) is 0 Å². The summed E-state index contributed by atoms with van der Waals surface area (Å²) >= 11 is 0. The Hall–Kier alpha value is -2.82. The number of carbonyl (C=O) groups excluding carboxylic acids is 2. The number of piperidine rings is 1. The summed E-state index contributed by atoms with van der Waals surface area (Å²) in [7, 11) is 1.60. The van der Waals surface area contributed by atoms with E-state index in [1.165, 1.54) is 6.42 Å². The monoisotopic (exact) mass is 338 g/mol. The van der Waals surface area contributed by atoms with E-state index in [2.05, 4.69) is 5.32 Å². The molecule has 0 bridgehead atoms. The largest absolute Gasteiger partial charge is 0.497 e. The molecule has 1 fully saturated rings. The first-order chi connectivity index (χ1) is 12.2. The molecule has 5 nitrogen and oxygen atoms in total. The molecular formula is C20H22N2O3. The van der Waals surface area contributed by atoms with Gasteiger partial charge in [-0.3, -0.25) is 9.59 Å². The van der Waals surface area contributed by atoms with Gasteiger partial charge in [0.1, 0.15) is 5.75 Å². The van der Waals surface area contributed by atoms with E-state index in [0.29, 0.717) is 16.8 Å². The maximum atomic E-state index is 12.4. The third-order valence-electron chi connectivity index (χ3n) is 4.39. The van der Waals surface area contributed by atoms with E-state index in [0.717, 1.165) is 31.7 Å². The molecule has 0 atom stereocenters. The Morgan fingerprint density at radius 1 is 0.880 bits per heavy atom. The first-order valence-electron chi connectivity index (χ1n) is 8.52. The van der Waals surface area contributed by atoms with Gasteiger partial charge in [-0.05, 0) is 67.8 Å². The fraction of sp³-hybridized carbons (Fsp3) is 0.300. The van der Waals surface area contributed by atoms with Crippen molar-refractivity contribution in [2.75, 3.05) is 25.5 Å². The van der Waals surface area contributed by atoms with Gasteiger partial charge in [-0.25, -0.2) is 0 Å². The van der Waals surface area contributed by atoms with Gasteiger partial charge in [0.15, 0.2) is 0 Å². The molecular weight excluding hydrogens is 316 g/mol. The number of nitrogens with zero attached hydrogens (tertiary/aromatic N) is 1. The minimum atomic E-state index is -0.206. The second kappa shape index (κ2) is 7.83. The van der Waals surface area contributed by atoms with Crippen molar-refractivity contribution in [1.29, 1.82) is 0 Å². The molecule has 2 amide bonds. The van der Waals surface area contributed by atoms with E-state index in [4.69, 9.17) is 4.74 Å². The van der Waals surface area contributed by atoms with Crippen LogP contribution in [0, 0.1) is 0 Å². The zero-order chi connectivity index (χ0) is 17.6. The van der Waals surface area contributed by atoms with Gasteiger partial charge in [0.05, 0.1) is 7.11 Å². The predicted molar refractivity (Wildman–Crippen MR) is 97.1 cm³/mol. The molecule has 1 aliphatic heterocycles. The molecule has 2 aromatic rings. The van der Waals surface area contributed by atoms with Crippen molar-refractivity contribution in [2.45, 2.75) is 19.3 Å². The number of benzene rings is 2. The van der Waals surface area contributed by atoms with Gasteiger partial charge in [-0.2, -0.15) is 0 Å². The molecule has 1 heterocycles. The van der Waals surface area contributed by atoms with E-state index in [1.807, 2.05) is 4.90 Å². The third kappa shape index (κ3) is 4.18. The summed E-state index contributed by atoms with van der Waals surface area (Å²) in [4.78, 5) is 26.6. The standard InChI is InChI=1S/C20H22N2O3/c1-25-18-11-9-17(10-12-18)21-19(23)15-5-7-16(8-6-15)20(24)22-13-3-2-4-14-22/h5-12H,2-4,13-14H2,1H3,(H,21,23). The van der Waals surface area contributed by atoms with Crippen LogP contribution in [0.1, 0.15) is 40.0 Å². The lowest BCUT2D eigenvalue weighted by Gasteiger charge is -2.26. The second-order valence-corrected chi connectivity index (χ2v) is 6.11. The highest BCUT2D eigenvalue weighted by Gasteiger charge is 2.18. The lowest BCUT2D eigenvalue weighted by atomic mass is 10.1. The normalized spacial score (nSPS) is 14.0. The number of amides is 2. The fourth-order valence-electron chi connectivity index (χ4n) is 2.92. The van der Waals surface area contributed by atoms with Crippen LogP contribution in [0.25, 0.3) is 0 Å². The Morgan fingerprint density at radius 2 is 1.48 bits per heavy atom. The van der Waals surface area contributed by atoms with E-state index in [1.54, 1.807) is 55.6 Å². The molecule has 0 unspecified atom stereocenters. The number of likely N-dealkylation sites (tertiary alicyclic amines) is 1. The lowest BCUT2D eigenvalue weighted by Crippen LogP contribution is -2.35. The second-order valence-electron chi connectivity index (χ2n) is 6.11. The quantitative estimate of drug-likeness (QED) is 0.927. The highest BCUT2D eigenvalue weighted by Crippen LogP contribution is 2.17. The lowest BCUT2D eigenvalue weighted by molar-refractivity contribution is 0.0724. The van der Waals surface area contributed by atoms with Gasteiger partial charge in [-0.1, -0.05) is 0 Å². The maximum Gasteiger partial charge on any atom is 0.255 e. The molecule has 0 aliphatic carbocycles. The van der Waals surface area contributed by atoms with Gasteiger partial charge in [0.2, 0.25) is 0 Å². The van der Waals surface area contributed by atoms with Gasteiger partial charge < -0.3 is 15.0 Å². The van der Waals surface area contributed by atoms with Crippen LogP contribution in [-0.4, -0.2) is 36.9 Å². The Labute approximate surface area is 147 Å². The average Bonchev–Trinajstić information content (AvgIpc) is 2.69. The molecule has 1 aliphatic rings. The SMILES string of the molecule is COc1ccc(NC(=O)c2ccc(C(=O)N3CCCCC3)cc2)cc1. The molecule has 3 rings (SSSR count). The molecule has 0 radical (unpaired) electrons. The number of methoxy groups -OCH3 is 1. The summed E-state index contributed by atoms with van der Waals surface area (Å²) in [5.74, 6) is 0.572. The summed E-state index contributed by atoms with van der Waals surface area (Å²) in [6, 6.07) is 14.0. The van der Waals surface area contributed by atoms with E-state index in [9.17, 15) is 9.59 Å². The minimum Gasteiger partial charge on any atom is -0.497 e. The first-order valence-corrected chi connectivity index (χ1v) is 8.52. The van der Waals surface area contributed by atoms with Gasteiger partial charge >= 0.3 is 0 Å². The van der Waals surface area contributed by atoms with Crippen LogP contribution >= 0.6 is 0 Å². The van der Waals surface area contributed by atoms with Gasteiger partial charge in [0.25, 0.3) is 11.8 Å². The Bertz CT molecular complexity index is 733. The van der Waals surface area contributed by atoms with Crippen LogP contribution < -0.4 is 10.1 Å². The van der Waals surface area contributed by atoms with Crippen molar-refractivity contribution >= 4 is 17.5 Å². The molecule has 0 aromatic heterocycles. The maximum absolute atomic E-state index is 12.4. The van der Waals surface area contributed by atoms with Gasteiger partial charge in [0, 0.05) is 29.9 Å². The number of hydrogen-bond donors (Lipinski definition) is 1. The molecule has 25 heavy (non-hydrogen) atoms. The molecule has 1 saturated heterocycles. The summed E-state index contributed by atoms with van der Waals surface area (Å²) in [6.45, 7) is 1.64. The first kappa shape index (κ1) is 17.0. The molecule has 130 valence electrons. The topological polar surface area (TPSA) is 58.6 Å². The molecule has 5 heteroatoms. The Kier molecular flexibility index (Phi) is 5.33. The van der Waals surface area contributed by atoms with Crippen LogP contribution in [0.4, 0.5) is 5.69 Å². The zero-order valence-corrected chi connectivity index (χ0v) is 14.3. The van der Waals surface area contributed by atoms with Crippen LogP contribution in [-0.2, 0) is 0 Å². The Balaban J connectivity index is 1.64. The number of anilines is 1. The molecule has 2 aromatic carbocycles. The number of hydrogen-bond acceptors (Lipinski definition) is 3.